The van der Waals surface area contributed by atoms with E-state index in [4.69, 9.17) is 11.6 Å². The molecule has 0 unspecified atom stereocenters. The molecule has 0 radical (unpaired) electrons. The van der Waals surface area contributed by atoms with Crippen molar-refractivity contribution in [2.45, 2.75) is 0 Å². The van der Waals surface area contributed by atoms with Gasteiger partial charge in [-0.05, 0) is 35.3 Å². The van der Waals surface area contributed by atoms with Gasteiger partial charge in [-0.3, -0.25) is 4.79 Å². The summed E-state index contributed by atoms with van der Waals surface area (Å²) in [7, 11) is 0. The first-order valence-electron chi connectivity index (χ1n) is 7.76. The SMILES string of the molecule is O=c1nc2ccc(Cl)cc2c(-c2ccccc2)nc1-[n+]1ccccc1. The van der Waals surface area contributed by atoms with Gasteiger partial charge in [0.25, 0.3) is 0 Å². The largest absolute Gasteiger partial charge is 0.396 e. The molecule has 0 amide bonds. The second kappa shape index (κ2) is 6.42. The molecule has 25 heavy (non-hydrogen) atoms. The number of fused-ring (bicyclic) bond motifs is 1. The summed E-state index contributed by atoms with van der Waals surface area (Å²) >= 11 is 6.18. The molecule has 0 fully saturated rings. The highest BCUT2D eigenvalue weighted by atomic mass is 35.5. The third kappa shape index (κ3) is 2.99. The zero-order valence-electron chi connectivity index (χ0n) is 13.1. The number of nitrogens with zero attached hydrogens (tertiary/aromatic N) is 3. The Kier molecular flexibility index (Phi) is 3.96. The zero-order chi connectivity index (χ0) is 17.2. The topological polar surface area (TPSA) is 46.7 Å². The van der Waals surface area contributed by atoms with Crippen molar-refractivity contribution in [3.05, 3.63) is 94.5 Å². The van der Waals surface area contributed by atoms with Crippen LogP contribution < -0.4 is 10.1 Å². The first-order valence-corrected chi connectivity index (χ1v) is 8.14. The van der Waals surface area contributed by atoms with E-state index in [2.05, 4.69) is 9.97 Å². The lowest BCUT2D eigenvalue weighted by molar-refractivity contribution is -0.600. The van der Waals surface area contributed by atoms with Gasteiger partial charge in [0.15, 0.2) is 5.69 Å². The van der Waals surface area contributed by atoms with E-state index in [0.717, 1.165) is 10.9 Å². The number of aromatic nitrogens is 3. The van der Waals surface area contributed by atoms with E-state index in [-0.39, 0.29) is 5.82 Å². The molecule has 0 saturated heterocycles. The molecule has 2 aromatic carbocycles. The second-order valence-electron chi connectivity index (χ2n) is 5.51. The van der Waals surface area contributed by atoms with E-state index in [1.807, 2.05) is 48.5 Å². The number of hydrogen-bond donors (Lipinski definition) is 0. The highest BCUT2D eigenvalue weighted by Gasteiger charge is 2.19. The van der Waals surface area contributed by atoms with Gasteiger partial charge in [0.05, 0.1) is 23.3 Å². The zero-order valence-corrected chi connectivity index (χ0v) is 13.9. The van der Waals surface area contributed by atoms with Crippen LogP contribution in [0.5, 0.6) is 0 Å². The molecule has 2 aromatic heterocycles. The van der Waals surface area contributed by atoms with Crippen molar-refractivity contribution in [2.75, 3.05) is 0 Å². The van der Waals surface area contributed by atoms with Gasteiger partial charge in [0.1, 0.15) is 0 Å². The fraction of sp³-hybridized carbons (Fsp3) is 0. The Bertz CT molecular complexity index is 1120. The second-order valence-corrected chi connectivity index (χ2v) is 5.95. The van der Waals surface area contributed by atoms with Gasteiger partial charge in [-0.2, -0.15) is 4.57 Å². The molecular weight excluding hydrogens is 334 g/mol. The van der Waals surface area contributed by atoms with E-state index in [0.29, 0.717) is 16.2 Å². The fourth-order valence-electron chi connectivity index (χ4n) is 2.69. The molecule has 4 rings (SSSR count). The van der Waals surface area contributed by atoms with Crippen molar-refractivity contribution in [3.8, 4) is 17.1 Å². The average Bonchev–Trinajstić information content (AvgIpc) is 2.79. The summed E-state index contributed by atoms with van der Waals surface area (Å²) in [5.41, 5.74) is 1.72. The molecule has 120 valence electrons. The minimum atomic E-state index is -0.397. The summed E-state index contributed by atoms with van der Waals surface area (Å²) in [4.78, 5) is 21.6. The number of halogens is 1. The van der Waals surface area contributed by atoms with Crippen LogP contribution in [0.1, 0.15) is 0 Å². The van der Waals surface area contributed by atoms with Crippen molar-refractivity contribution in [1.29, 1.82) is 0 Å². The van der Waals surface area contributed by atoms with Crippen molar-refractivity contribution in [2.24, 2.45) is 0 Å². The molecule has 4 aromatic rings. The molecule has 0 atom stereocenters. The monoisotopic (exact) mass is 346 g/mol. The van der Waals surface area contributed by atoms with Crippen molar-refractivity contribution < 1.29 is 4.57 Å². The summed E-state index contributed by atoms with van der Waals surface area (Å²) < 4.78 is 1.67. The van der Waals surface area contributed by atoms with Crippen LogP contribution in [0.2, 0.25) is 5.02 Å². The van der Waals surface area contributed by atoms with E-state index < -0.39 is 5.56 Å². The number of pyridine rings is 1. The van der Waals surface area contributed by atoms with Gasteiger partial charge in [0.2, 0.25) is 0 Å². The predicted octanol–water partition coefficient (Wildman–Crippen LogP) is 3.59. The van der Waals surface area contributed by atoms with Gasteiger partial charge in [-0.15, -0.1) is 0 Å². The third-order valence-electron chi connectivity index (χ3n) is 3.85. The van der Waals surface area contributed by atoms with E-state index in [1.54, 1.807) is 35.2 Å². The molecule has 0 aliphatic rings. The number of rotatable bonds is 2. The summed E-state index contributed by atoms with van der Waals surface area (Å²) in [5.74, 6) is 0.242. The van der Waals surface area contributed by atoms with E-state index in [1.165, 1.54) is 0 Å². The lowest BCUT2D eigenvalue weighted by Gasteiger charge is -1.98. The normalized spacial score (nSPS) is 10.8. The van der Waals surface area contributed by atoms with Gasteiger partial charge in [-0.1, -0.05) is 48.0 Å². The van der Waals surface area contributed by atoms with Crippen LogP contribution in [0.25, 0.3) is 28.0 Å². The summed E-state index contributed by atoms with van der Waals surface area (Å²) in [6.45, 7) is 0. The Morgan fingerprint density at radius 1 is 0.840 bits per heavy atom. The Labute approximate surface area is 149 Å². The van der Waals surface area contributed by atoms with E-state index in [9.17, 15) is 4.79 Å². The lowest BCUT2D eigenvalue weighted by atomic mass is 10.1. The highest BCUT2D eigenvalue weighted by molar-refractivity contribution is 6.31. The first kappa shape index (κ1) is 15.4. The first-order chi connectivity index (χ1) is 12.2. The molecular formula is C20H13ClN3O+. The summed E-state index contributed by atoms with van der Waals surface area (Å²) in [6.07, 6.45) is 3.55. The molecule has 0 saturated carbocycles. The minimum absolute atomic E-state index is 0.242. The van der Waals surface area contributed by atoms with Crippen LogP contribution in [0, 0.1) is 0 Å². The molecule has 0 bridgehead atoms. The molecule has 4 nitrogen and oxygen atoms in total. The Hall–Kier alpha value is -3.11. The Morgan fingerprint density at radius 2 is 1.56 bits per heavy atom. The quantitative estimate of drug-likeness (QED) is 0.521. The maximum Gasteiger partial charge on any atom is 0.396 e. The Balaban J connectivity index is 2.15. The summed E-state index contributed by atoms with van der Waals surface area (Å²) in [5, 5.41) is 1.31. The van der Waals surface area contributed by atoms with Crippen LogP contribution in [0.3, 0.4) is 0 Å². The molecule has 0 aliphatic carbocycles. The van der Waals surface area contributed by atoms with Crippen molar-refractivity contribution >= 4 is 22.5 Å². The third-order valence-corrected chi connectivity index (χ3v) is 4.09. The molecule has 0 spiro atoms. The molecule has 2 heterocycles. The standard InChI is InChI=1S/C20H13ClN3O/c21-15-9-10-17-16(13-15)18(14-7-3-1-4-8-14)23-19(20(25)22-17)24-11-5-2-6-12-24/h1-13H/q+1. The van der Waals surface area contributed by atoms with Gasteiger partial charge in [-0.25, -0.2) is 4.98 Å². The van der Waals surface area contributed by atoms with E-state index >= 15 is 0 Å². The van der Waals surface area contributed by atoms with Crippen LogP contribution >= 0.6 is 11.6 Å². The fourth-order valence-corrected chi connectivity index (χ4v) is 2.86. The predicted molar refractivity (Wildman–Crippen MR) is 97.8 cm³/mol. The van der Waals surface area contributed by atoms with Crippen LogP contribution in [-0.4, -0.2) is 9.97 Å². The van der Waals surface area contributed by atoms with Crippen LogP contribution in [-0.2, 0) is 0 Å². The molecule has 0 N–H and O–H groups in total. The number of hydrogen-bond acceptors (Lipinski definition) is 3. The lowest BCUT2D eigenvalue weighted by Crippen LogP contribution is -2.37. The molecule has 0 aliphatic heterocycles. The van der Waals surface area contributed by atoms with Crippen LogP contribution in [0.15, 0.2) is 83.9 Å². The molecule has 5 heteroatoms. The highest BCUT2D eigenvalue weighted by Crippen LogP contribution is 2.26. The van der Waals surface area contributed by atoms with Gasteiger partial charge >= 0.3 is 11.4 Å². The number of benzene rings is 2. The average molecular weight is 347 g/mol. The maximum atomic E-state index is 12.7. The van der Waals surface area contributed by atoms with Gasteiger partial charge < -0.3 is 0 Å². The summed E-state index contributed by atoms with van der Waals surface area (Å²) in [6, 6.07) is 20.5. The van der Waals surface area contributed by atoms with Gasteiger partial charge in [0, 0.05) is 10.6 Å². The van der Waals surface area contributed by atoms with Crippen molar-refractivity contribution in [1.82, 2.24) is 9.97 Å². The minimum Gasteiger partial charge on any atom is -0.258 e. The smallest absolute Gasteiger partial charge is 0.258 e. The van der Waals surface area contributed by atoms with Crippen molar-refractivity contribution in [3.63, 3.8) is 0 Å². The maximum absolute atomic E-state index is 12.7. The van der Waals surface area contributed by atoms with Crippen LogP contribution in [0.4, 0.5) is 0 Å². The Morgan fingerprint density at radius 3 is 2.32 bits per heavy atom.